The van der Waals surface area contributed by atoms with E-state index in [1.807, 2.05) is 20.8 Å². The molecule has 2 amide bonds. The highest BCUT2D eigenvalue weighted by atomic mass is 16.2. The number of nitrogens with zero attached hydrogens (tertiary/aromatic N) is 1. The molecule has 0 spiro atoms. The number of likely N-dealkylation sites (tertiary alicyclic amines) is 1. The molecule has 0 aliphatic carbocycles. The van der Waals surface area contributed by atoms with Crippen molar-refractivity contribution in [1.82, 2.24) is 10.2 Å². The summed E-state index contributed by atoms with van der Waals surface area (Å²) in [5, 5.41) is 3.71. The van der Waals surface area contributed by atoms with Crippen molar-refractivity contribution in [3.05, 3.63) is 0 Å². The van der Waals surface area contributed by atoms with Gasteiger partial charge in [0.25, 0.3) is 0 Å². The van der Waals surface area contributed by atoms with Crippen LogP contribution in [0.25, 0.3) is 0 Å². The molecule has 28 heavy (non-hydrogen) atoms. The van der Waals surface area contributed by atoms with E-state index in [1.165, 1.54) is 30.6 Å². The van der Waals surface area contributed by atoms with E-state index >= 15 is 0 Å². The van der Waals surface area contributed by atoms with Gasteiger partial charge in [-0.25, -0.2) is 0 Å². The zero-order chi connectivity index (χ0) is 21.4. The lowest BCUT2D eigenvalue weighted by molar-refractivity contribution is -0.140. The summed E-state index contributed by atoms with van der Waals surface area (Å²) < 4.78 is 0. The highest BCUT2D eigenvalue weighted by molar-refractivity contribution is 6.03. The Balaban J connectivity index is 2.18. The van der Waals surface area contributed by atoms with Crippen LogP contribution in [0.3, 0.4) is 0 Å². The van der Waals surface area contributed by atoms with Gasteiger partial charge in [-0.05, 0) is 49.5 Å². The fraction of sp³-hybridized carbons (Fsp3) is 0.917. The molecule has 1 aliphatic rings. The molecule has 2 atom stereocenters. The first-order valence-electron chi connectivity index (χ1n) is 11.5. The highest BCUT2D eigenvalue weighted by Crippen LogP contribution is 2.35. The third kappa shape index (κ3) is 9.07. The molecule has 4 nitrogen and oxygen atoms in total. The number of hydrogen-bond acceptors (Lipinski definition) is 3. The molecular formula is C24H46N2O2. The van der Waals surface area contributed by atoms with Gasteiger partial charge in [-0.3, -0.25) is 14.5 Å². The molecule has 0 aromatic rings. The molecule has 164 valence electrons. The lowest BCUT2D eigenvalue weighted by Crippen LogP contribution is -2.34. The zero-order valence-corrected chi connectivity index (χ0v) is 19.7. The number of amides is 2. The molecule has 0 saturated carbocycles. The van der Waals surface area contributed by atoms with Crippen LogP contribution in [-0.4, -0.2) is 35.8 Å². The molecule has 1 heterocycles. The van der Waals surface area contributed by atoms with Crippen LogP contribution >= 0.6 is 0 Å². The van der Waals surface area contributed by atoms with Crippen molar-refractivity contribution < 1.29 is 9.59 Å². The average Bonchev–Trinajstić information content (AvgIpc) is 2.86. The van der Waals surface area contributed by atoms with Gasteiger partial charge in [0, 0.05) is 19.0 Å². The molecule has 1 rings (SSSR count). The van der Waals surface area contributed by atoms with Crippen LogP contribution < -0.4 is 5.32 Å². The minimum Gasteiger partial charge on any atom is -0.314 e. The molecule has 0 radical (unpaired) electrons. The third-order valence-corrected chi connectivity index (χ3v) is 6.00. The summed E-state index contributed by atoms with van der Waals surface area (Å²) in [7, 11) is 0. The summed E-state index contributed by atoms with van der Waals surface area (Å²) in [6, 6.07) is 0.593. The average molecular weight is 395 g/mol. The second-order valence-electron chi connectivity index (χ2n) is 10.9. The summed E-state index contributed by atoms with van der Waals surface area (Å²) >= 11 is 0. The van der Waals surface area contributed by atoms with E-state index in [0.717, 1.165) is 32.2 Å². The summed E-state index contributed by atoms with van der Waals surface area (Å²) in [6.45, 7) is 17.0. The van der Waals surface area contributed by atoms with Gasteiger partial charge in [-0.2, -0.15) is 0 Å². The van der Waals surface area contributed by atoms with Crippen molar-refractivity contribution in [3.8, 4) is 0 Å². The fourth-order valence-corrected chi connectivity index (χ4v) is 3.97. The third-order valence-electron chi connectivity index (χ3n) is 6.00. The topological polar surface area (TPSA) is 49.4 Å². The molecule has 0 aromatic heterocycles. The number of unbranched alkanes of at least 4 members (excludes halogenated alkanes) is 3. The Bertz CT molecular complexity index is 488. The van der Waals surface area contributed by atoms with Gasteiger partial charge in [0.15, 0.2) is 0 Å². The van der Waals surface area contributed by atoms with Crippen LogP contribution in [0.1, 0.15) is 106 Å². The van der Waals surface area contributed by atoms with Crippen LogP contribution in [0.15, 0.2) is 0 Å². The summed E-state index contributed by atoms with van der Waals surface area (Å²) in [4.78, 5) is 26.2. The molecule has 4 heteroatoms. The van der Waals surface area contributed by atoms with Crippen molar-refractivity contribution in [1.29, 1.82) is 0 Å². The monoisotopic (exact) mass is 394 g/mol. The van der Waals surface area contributed by atoms with E-state index in [9.17, 15) is 9.59 Å². The first-order chi connectivity index (χ1) is 13.0. The summed E-state index contributed by atoms with van der Waals surface area (Å²) in [5.41, 5.74) is 0.309. The Morgan fingerprint density at radius 2 is 1.68 bits per heavy atom. The molecular weight excluding hydrogens is 348 g/mol. The van der Waals surface area contributed by atoms with Crippen LogP contribution in [0.2, 0.25) is 0 Å². The molecule has 1 saturated heterocycles. The molecule has 1 N–H and O–H groups in total. The summed E-state index contributed by atoms with van der Waals surface area (Å²) in [6.07, 6.45) is 9.73. The molecule has 0 aromatic carbocycles. The number of hydrogen-bond donors (Lipinski definition) is 1. The summed E-state index contributed by atoms with van der Waals surface area (Å²) in [5.74, 6) is -0.0823. The molecule has 1 fully saturated rings. The van der Waals surface area contributed by atoms with E-state index in [4.69, 9.17) is 0 Å². The first-order valence-corrected chi connectivity index (χ1v) is 11.5. The van der Waals surface area contributed by atoms with Crippen LogP contribution in [0.5, 0.6) is 0 Å². The SMILES string of the molecule is CCC(CCCCCN1C(=O)CC(C(C)(C)C)C1=O)NCCCCC(C)(C)C. The first kappa shape index (κ1) is 25.1. The fourth-order valence-electron chi connectivity index (χ4n) is 3.97. The maximum atomic E-state index is 12.5. The minimum atomic E-state index is -0.146. The molecule has 1 aliphatic heterocycles. The standard InChI is InChI=1S/C24H46N2O2/c1-8-19(25-16-12-11-15-23(2,3)4)14-10-9-13-17-26-21(27)18-20(22(26)28)24(5,6)7/h19-20,25H,8-18H2,1-7H3. The van der Waals surface area contributed by atoms with Crippen molar-refractivity contribution in [2.75, 3.05) is 13.1 Å². The van der Waals surface area contributed by atoms with E-state index < -0.39 is 0 Å². The second-order valence-corrected chi connectivity index (χ2v) is 10.9. The molecule has 0 bridgehead atoms. The van der Waals surface area contributed by atoms with Gasteiger partial charge < -0.3 is 5.32 Å². The highest BCUT2D eigenvalue weighted by Gasteiger charge is 2.44. The Morgan fingerprint density at radius 1 is 1.00 bits per heavy atom. The Morgan fingerprint density at radius 3 is 2.21 bits per heavy atom. The number of carbonyl (C=O) groups is 2. The number of carbonyl (C=O) groups excluding carboxylic acids is 2. The quantitative estimate of drug-likeness (QED) is 0.348. The van der Waals surface area contributed by atoms with Crippen LogP contribution in [-0.2, 0) is 9.59 Å². The Hall–Kier alpha value is -0.900. The lowest BCUT2D eigenvalue weighted by atomic mass is 9.80. The van der Waals surface area contributed by atoms with E-state index in [2.05, 4.69) is 33.0 Å². The maximum Gasteiger partial charge on any atom is 0.233 e. The van der Waals surface area contributed by atoms with E-state index in [1.54, 1.807) is 0 Å². The van der Waals surface area contributed by atoms with Gasteiger partial charge in [-0.15, -0.1) is 0 Å². The van der Waals surface area contributed by atoms with Gasteiger partial charge in [0.2, 0.25) is 11.8 Å². The smallest absolute Gasteiger partial charge is 0.233 e. The van der Waals surface area contributed by atoms with Gasteiger partial charge in [-0.1, -0.05) is 67.7 Å². The predicted molar refractivity (Wildman–Crippen MR) is 118 cm³/mol. The number of nitrogens with one attached hydrogen (secondary N) is 1. The number of imide groups is 1. The Labute approximate surface area is 174 Å². The minimum absolute atomic E-state index is 0.0216. The predicted octanol–water partition coefficient (Wildman–Crippen LogP) is 5.55. The van der Waals surface area contributed by atoms with Crippen LogP contribution in [0.4, 0.5) is 0 Å². The van der Waals surface area contributed by atoms with Crippen LogP contribution in [0, 0.1) is 16.7 Å². The second kappa shape index (κ2) is 11.3. The van der Waals surface area contributed by atoms with Gasteiger partial charge in [0.1, 0.15) is 0 Å². The largest absolute Gasteiger partial charge is 0.314 e. The van der Waals surface area contributed by atoms with Gasteiger partial charge in [0.05, 0.1) is 5.92 Å². The maximum absolute atomic E-state index is 12.5. The zero-order valence-electron chi connectivity index (χ0n) is 19.7. The lowest BCUT2D eigenvalue weighted by Gasteiger charge is -2.24. The molecule has 2 unspecified atom stereocenters. The number of rotatable bonds is 12. The van der Waals surface area contributed by atoms with E-state index in [0.29, 0.717) is 24.4 Å². The van der Waals surface area contributed by atoms with Crippen molar-refractivity contribution in [3.63, 3.8) is 0 Å². The van der Waals surface area contributed by atoms with Crippen molar-refractivity contribution >= 4 is 11.8 Å². The normalized spacial score (nSPS) is 19.5. The van der Waals surface area contributed by atoms with Crippen molar-refractivity contribution in [2.45, 2.75) is 112 Å². The van der Waals surface area contributed by atoms with Gasteiger partial charge >= 0.3 is 0 Å². The van der Waals surface area contributed by atoms with Crippen molar-refractivity contribution in [2.24, 2.45) is 16.7 Å². The van der Waals surface area contributed by atoms with E-state index in [-0.39, 0.29) is 23.1 Å². The Kier molecular flexibility index (Phi) is 10.2.